The molecule has 1 aliphatic heterocycles. The van der Waals surface area contributed by atoms with Crippen molar-refractivity contribution in [1.82, 2.24) is 4.98 Å². The normalized spacial score (nSPS) is 18.0. The van der Waals surface area contributed by atoms with E-state index in [2.05, 4.69) is 29.2 Å². The number of nitrogen functional groups attached to an aromatic ring is 1. The smallest absolute Gasteiger partial charge is 0.0921 e. The number of aromatic nitrogens is 1. The van der Waals surface area contributed by atoms with Gasteiger partial charge in [-0.2, -0.15) is 0 Å². The van der Waals surface area contributed by atoms with Crippen LogP contribution in [0.15, 0.2) is 47.6 Å². The van der Waals surface area contributed by atoms with Crippen molar-refractivity contribution in [2.24, 2.45) is 0 Å². The highest BCUT2D eigenvalue weighted by Crippen LogP contribution is 2.33. The molecule has 2 N–H and O–H groups in total. The van der Waals surface area contributed by atoms with Gasteiger partial charge in [0.05, 0.1) is 24.6 Å². The quantitative estimate of drug-likeness (QED) is 0.872. The molecule has 2 heterocycles. The topological polar surface area (TPSA) is 48.1 Å². The van der Waals surface area contributed by atoms with E-state index < -0.39 is 0 Å². The Kier molecular flexibility index (Phi) is 3.71. The lowest BCUT2D eigenvalue weighted by atomic mass is 9.99. The molecule has 4 heteroatoms. The third-order valence-electron chi connectivity index (χ3n) is 3.29. The van der Waals surface area contributed by atoms with Crippen LogP contribution in [0.1, 0.15) is 17.2 Å². The van der Waals surface area contributed by atoms with Crippen LogP contribution in [0.25, 0.3) is 0 Å². The van der Waals surface area contributed by atoms with E-state index in [9.17, 15) is 0 Å². The molecule has 0 amide bonds. The maximum atomic E-state index is 5.91. The van der Waals surface area contributed by atoms with Crippen molar-refractivity contribution in [3.63, 3.8) is 0 Å². The molecular weight excluding hydrogens is 256 g/mol. The molecule has 1 aromatic heterocycles. The van der Waals surface area contributed by atoms with Gasteiger partial charge in [0, 0.05) is 16.8 Å². The average Bonchev–Trinajstić information content (AvgIpc) is 2.46. The largest absolute Gasteiger partial charge is 0.397 e. The number of anilines is 1. The molecule has 0 spiro atoms. The Bertz CT molecular complexity index is 574. The van der Waals surface area contributed by atoms with E-state index in [-0.39, 0.29) is 6.10 Å². The number of rotatable bonds is 3. The van der Waals surface area contributed by atoms with Crippen LogP contribution in [-0.2, 0) is 11.2 Å². The second-order valence-corrected chi connectivity index (χ2v) is 5.59. The molecule has 1 aliphatic rings. The summed E-state index contributed by atoms with van der Waals surface area (Å²) in [6.45, 7) is 0.800. The van der Waals surface area contributed by atoms with Crippen molar-refractivity contribution >= 4 is 17.4 Å². The Balaban J connectivity index is 1.73. The van der Waals surface area contributed by atoms with Gasteiger partial charge in [0.25, 0.3) is 0 Å². The molecule has 19 heavy (non-hydrogen) atoms. The zero-order valence-electron chi connectivity index (χ0n) is 10.6. The predicted molar refractivity (Wildman–Crippen MR) is 78.2 cm³/mol. The summed E-state index contributed by atoms with van der Waals surface area (Å²) in [6.07, 6.45) is 4.63. The van der Waals surface area contributed by atoms with Gasteiger partial charge in [-0.25, -0.2) is 0 Å². The molecule has 2 aromatic rings. The van der Waals surface area contributed by atoms with Gasteiger partial charge in [-0.15, -0.1) is 11.8 Å². The van der Waals surface area contributed by atoms with Gasteiger partial charge >= 0.3 is 0 Å². The molecule has 3 nitrogen and oxygen atoms in total. The number of ether oxygens (including phenoxy) is 1. The monoisotopic (exact) mass is 272 g/mol. The average molecular weight is 272 g/mol. The van der Waals surface area contributed by atoms with Crippen molar-refractivity contribution in [3.05, 3.63) is 53.9 Å². The molecule has 1 unspecified atom stereocenters. The molecule has 0 radical (unpaired) electrons. The van der Waals surface area contributed by atoms with Crippen LogP contribution in [0.4, 0.5) is 5.69 Å². The molecule has 0 saturated carbocycles. The number of fused-ring (bicyclic) bond motifs is 1. The van der Waals surface area contributed by atoms with Crippen LogP contribution in [0.2, 0.25) is 0 Å². The number of benzene rings is 1. The van der Waals surface area contributed by atoms with Crippen LogP contribution < -0.4 is 5.73 Å². The van der Waals surface area contributed by atoms with Gasteiger partial charge in [0.1, 0.15) is 0 Å². The molecular formula is C15H16N2OS. The summed E-state index contributed by atoms with van der Waals surface area (Å²) in [6, 6.07) is 10.5. The van der Waals surface area contributed by atoms with Crippen LogP contribution in [0.3, 0.4) is 0 Å². The summed E-state index contributed by atoms with van der Waals surface area (Å²) in [5, 5.41) is 0. The second kappa shape index (κ2) is 5.63. The molecule has 98 valence electrons. The summed E-state index contributed by atoms with van der Waals surface area (Å²) < 4.78 is 5.89. The van der Waals surface area contributed by atoms with E-state index in [0.29, 0.717) is 0 Å². The highest BCUT2D eigenvalue weighted by molar-refractivity contribution is 7.99. The zero-order valence-corrected chi connectivity index (χ0v) is 11.4. The van der Waals surface area contributed by atoms with Crippen LogP contribution >= 0.6 is 11.8 Å². The number of thioether (sulfide) groups is 1. The van der Waals surface area contributed by atoms with Gasteiger partial charge < -0.3 is 10.5 Å². The first kappa shape index (κ1) is 12.5. The van der Waals surface area contributed by atoms with E-state index >= 15 is 0 Å². The highest BCUT2D eigenvalue weighted by atomic mass is 32.2. The Morgan fingerprint density at radius 2 is 2.21 bits per heavy atom. The first-order valence-electron chi connectivity index (χ1n) is 6.36. The van der Waals surface area contributed by atoms with Crippen molar-refractivity contribution < 1.29 is 4.74 Å². The maximum absolute atomic E-state index is 5.91. The van der Waals surface area contributed by atoms with E-state index in [4.69, 9.17) is 10.5 Å². The molecule has 3 rings (SSSR count). The van der Waals surface area contributed by atoms with Crippen molar-refractivity contribution in [3.8, 4) is 0 Å². The van der Waals surface area contributed by atoms with E-state index in [0.717, 1.165) is 29.4 Å². The van der Waals surface area contributed by atoms with Crippen molar-refractivity contribution in [1.29, 1.82) is 0 Å². The summed E-state index contributed by atoms with van der Waals surface area (Å²) in [7, 11) is 0. The summed E-state index contributed by atoms with van der Waals surface area (Å²) in [5.74, 6) is 0.880. The maximum Gasteiger partial charge on any atom is 0.0921 e. The fraction of sp³-hybridized carbons (Fsp3) is 0.267. The van der Waals surface area contributed by atoms with E-state index in [1.54, 1.807) is 24.2 Å². The molecule has 1 atom stereocenters. The Morgan fingerprint density at radius 1 is 1.32 bits per heavy atom. The van der Waals surface area contributed by atoms with Crippen LogP contribution in [-0.4, -0.2) is 17.3 Å². The number of pyridine rings is 1. The van der Waals surface area contributed by atoms with Crippen LogP contribution in [0.5, 0.6) is 0 Å². The third kappa shape index (κ3) is 2.74. The lowest BCUT2D eigenvalue weighted by Crippen LogP contribution is -2.17. The predicted octanol–water partition coefficient (Wildman–Crippen LogP) is 3.07. The van der Waals surface area contributed by atoms with Crippen molar-refractivity contribution in [2.75, 3.05) is 18.1 Å². The molecule has 0 aliphatic carbocycles. The van der Waals surface area contributed by atoms with Gasteiger partial charge in [-0.05, 0) is 23.6 Å². The highest BCUT2D eigenvalue weighted by Gasteiger charge is 2.20. The first-order valence-corrected chi connectivity index (χ1v) is 7.35. The zero-order chi connectivity index (χ0) is 13.1. The SMILES string of the molecule is Nc1cnccc1SCC1OCCc2ccccc21. The molecule has 0 saturated heterocycles. The standard InChI is InChI=1S/C15H16N2OS/c16-13-9-17-7-5-15(13)19-10-14-12-4-2-1-3-11(12)6-8-18-14/h1-5,7,9,14H,6,8,10,16H2. The fourth-order valence-corrected chi connectivity index (χ4v) is 3.29. The molecule has 1 aromatic carbocycles. The minimum absolute atomic E-state index is 0.155. The lowest BCUT2D eigenvalue weighted by molar-refractivity contribution is 0.0588. The second-order valence-electron chi connectivity index (χ2n) is 4.53. The lowest BCUT2D eigenvalue weighted by Gasteiger charge is -2.25. The number of nitrogens with two attached hydrogens (primary N) is 1. The Morgan fingerprint density at radius 3 is 3.11 bits per heavy atom. The summed E-state index contributed by atoms with van der Waals surface area (Å²) >= 11 is 1.73. The van der Waals surface area contributed by atoms with E-state index in [1.165, 1.54) is 11.1 Å². The molecule has 0 fully saturated rings. The van der Waals surface area contributed by atoms with Gasteiger partial charge in [0.15, 0.2) is 0 Å². The van der Waals surface area contributed by atoms with Crippen molar-refractivity contribution in [2.45, 2.75) is 17.4 Å². The van der Waals surface area contributed by atoms with Gasteiger partial charge in [0.2, 0.25) is 0 Å². The van der Waals surface area contributed by atoms with E-state index in [1.807, 2.05) is 6.07 Å². The van der Waals surface area contributed by atoms with Gasteiger partial charge in [-0.3, -0.25) is 4.98 Å². The Labute approximate surface area is 117 Å². The fourth-order valence-electron chi connectivity index (χ4n) is 2.31. The third-order valence-corrected chi connectivity index (χ3v) is 4.44. The molecule has 0 bridgehead atoms. The number of hydrogen-bond donors (Lipinski definition) is 1. The van der Waals surface area contributed by atoms with Gasteiger partial charge in [-0.1, -0.05) is 24.3 Å². The number of nitrogens with zero attached hydrogens (tertiary/aromatic N) is 1. The summed E-state index contributed by atoms with van der Waals surface area (Å²) in [4.78, 5) is 5.08. The Hall–Kier alpha value is -1.52. The minimum atomic E-state index is 0.155. The summed E-state index contributed by atoms with van der Waals surface area (Å²) in [5.41, 5.74) is 9.36. The minimum Gasteiger partial charge on any atom is -0.397 e. The van der Waals surface area contributed by atoms with Crippen LogP contribution in [0, 0.1) is 0 Å². The first-order chi connectivity index (χ1) is 9.34. The number of hydrogen-bond acceptors (Lipinski definition) is 4.